The van der Waals surface area contributed by atoms with E-state index in [0.717, 1.165) is 103 Å². The number of nitrogens with zero attached hydrogens (tertiary/aromatic N) is 3. The van der Waals surface area contributed by atoms with Crippen molar-refractivity contribution in [3.8, 4) is 5.75 Å². The molecule has 1 aromatic rings. The first-order valence-corrected chi connectivity index (χ1v) is 11.5. The topological polar surface area (TPSA) is 58.6 Å². The minimum Gasteiger partial charge on any atom is -0.492 e. The largest absolute Gasteiger partial charge is 0.492 e. The van der Waals surface area contributed by atoms with Crippen LogP contribution in [0.3, 0.4) is 0 Å². The molecule has 0 amide bonds. The lowest BCUT2D eigenvalue weighted by Crippen LogP contribution is -2.53. The maximum Gasteiger partial charge on any atom is 0.194 e. The minimum absolute atomic E-state index is 0.370. The number of benzene rings is 1. The molecule has 2 saturated heterocycles. The van der Waals surface area contributed by atoms with Crippen molar-refractivity contribution in [1.29, 1.82) is 0 Å². The highest BCUT2D eigenvalue weighted by Crippen LogP contribution is 2.11. The number of ether oxygens (including phenoxy) is 3. The van der Waals surface area contributed by atoms with Crippen LogP contribution in [0.15, 0.2) is 35.3 Å². The van der Waals surface area contributed by atoms with Crippen LogP contribution >= 0.6 is 0 Å². The van der Waals surface area contributed by atoms with E-state index in [1.807, 2.05) is 30.3 Å². The first-order valence-electron chi connectivity index (χ1n) is 11.5. The number of nitrogens with one attached hydrogen (secondary N) is 1. The fourth-order valence-corrected chi connectivity index (χ4v) is 3.76. The van der Waals surface area contributed by atoms with E-state index in [9.17, 15) is 0 Å². The Bertz CT molecular complexity index is 600. The van der Waals surface area contributed by atoms with E-state index in [1.165, 1.54) is 0 Å². The lowest BCUT2D eigenvalue weighted by Gasteiger charge is -2.36. The second-order valence-electron chi connectivity index (χ2n) is 7.76. The van der Waals surface area contributed by atoms with Crippen molar-refractivity contribution in [3.05, 3.63) is 30.3 Å². The van der Waals surface area contributed by atoms with Gasteiger partial charge in [-0.05, 0) is 38.3 Å². The van der Waals surface area contributed by atoms with E-state index in [-0.39, 0.29) is 0 Å². The van der Waals surface area contributed by atoms with Gasteiger partial charge in [0.25, 0.3) is 0 Å². The number of guanidine groups is 1. The molecule has 2 heterocycles. The molecule has 0 bridgehead atoms. The van der Waals surface area contributed by atoms with Crippen LogP contribution in [-0.2, 0) is 9.47 Å². The summed E-state index contributed by atoms with van der Waals surface area (Å²) in [5, 5.41) is 3.45. The zero-order valence-electron chi connectivity index (χ0n) is 18.4. The highest BCUT2D eigenvalue weighted by atomic mass is 16.5. The lowest BCUT2D eigenvalue weighted by molar-refractivity contribution is -0.0318. The summed E-state index contributed by atoms with van der Waals surface area (Å²) in [6.07, 6.45) is 3.37. The molecule has 1 aromatic carbocycles. The Morgan fingerprint density at radius 2 is 1.87 bits per heavy atom. The molecule has 0 unspecified atom stereocenters. The zero-order chi connectivity index (χ0) is 20.9. The highest BCUT2D eigenvalue weighted by molar-refractivity contribution is 5.80. The molecule has 0 aliphatic carbocycles. The molecule has 0 atom stereocenters. The van der Waals surface area contributed by atoms with Gasteiger partial charge in [0.15, 0.2) is 5.96 Å². The number of aliphatic imine (C=N–C) groups is 1. The Morgan fingerprint density at radius 1 is 1.10 bits per heavy atom. The summed E-state index contributed by atoms with van der Waals surface area (Å²) in [5.41, 5.74) is 0. The first kappa shape index (κ1) is 22.8. The van der Waals surface area contributed by atoms with Crippen molar-refractivity contribution < 1.29 is 14.2 Å². The smallest absolute Gasteiger partial charge is 0.194 e. The molecular formula is C23H38N4O3. The van der Waals surface area contributed by atoms with E-state index in [4.69, 9.17) is 19.2 Å². The second kappa shape index (κ2) is 13.5. The number of para-hydroxylation sites is 1. The summed E-state index contributed by atoms with van der Waals surface area (Å²) in [6.45, 7) is 12.0. The molecular weight excluding hydrogens is 380 g/mol. The van der Waals surface area contributed by atoms with Gasteiger partial charge in [-0.2, -0.15) is 0 Å². The SMILES string of the molecule is CCNC(=NCCCOC1CCOCC1)N1CCN(CCOc2ccccc2)CC1. The van der Waals surface area contributed by atoms with Gasteiger partial charge in [0.05, 0.1) is 6.10 Å². The predicted molar refractivity (Wildman–Crippen MR) is 120 cm³/mol. The molecule has 168 valence electrons. The number of rotatable bonds is 10. The van der Waals surface area contributed by atoms with Gasteiger partial charge in [-0.1, -0.05) is 18.2 Å². The Balaban J connectivity index is 1.32. The van der Waals surface area contributed by atoms with Crippen molar-refractivity contribution in [2.75, 3.05) is 72.2 Å². The van der Waals surface area contributed by atoms with Crippen LogP contribution in [0.25, 0.3) is 0 Å². The molecule has 0 saturated carbocycles. The van der Waals surface area contributed by atoms with Gasteiger partial charge in [-0.3, -0.25) is 9.89 Å². The Morgan fingerprint density at radius 3 is 2.60 bits per heavy atom. The van der Waals surface area contributed by atoms with E-state index in [1.54, 1.807) is 0 Å². The summed E-state index contributed by atoms with van der Waals surface area (Å²) in [4.78, 5) is 9.67. The number of hydrogen-bond acceptors (Lipinski definition) is 5. The second-order valence-corrected chi connectivity index (χ2v) is 7.76. The standard InChI is InChI=1S/C23H38N4O3/c1-2-24-23(25-11-6-17-29-22-9-18-28-19-10-22)27-14-12-26(13-15-27)16-20-30-21-7-4-3-5-8-21/h3-5,7-8,22H,2,6,9-20H2,1H3,(H,24,25). The van der Waals surface area contributed by atoms with Gasteiger partial charge in [0.2, 0.25) is 0 Å². The fourth-order valence-electron chi connectivity index (χ4n) is 3.76. The molecule has 2 aliphatic heterocycles. The Labute approximate surface area is 181 Å². The van der Waals surface area contributed by atoms with Gasteiger partial charge in [-0.25, -0.2) is 0 Å². The molecule has 0 spiro atoms. The third-order valence-corrected chi connectivity index (χ3v) is 5.51. The summed E-state index contributed by atoms with van der Waals surface area (Å²) >= 11 is 0. The molecule has 7 heteroatoms. The summed E-state index contributed by atoms with van der Waals surface area (Å²) in [7, 11) is 0. The van der Waals surface area contributed by atoms with Crippen LogP contribution < -0.4 is 10.1 Å². The molecule has 2 aliphatic rings. The van der Waals surface area contributed by atoms with E-state index >= 15 is 0 Å². The maximum atomic E-state index is 5.95. The van der Waals surface area contributed by atoms with E-state index in [2.05, 4.69) is 22.0 Å². The molecule has 7 nitrogen and oxygen atoms in total. The van der Waals surface area contributed by atoms with Crippen molar-refractivity contribution in [2.24, 2.45) is 4.99 Å². The normalized spacial score (nSPS) is 19.1. The van der Waals surface area contributed by atoms with Crippen molar-refractivity contribution in [1.82, 2.24) is 15.1 Å². The average molecular weight is 419 g/mol. The summed E-state index contributed by atoms with van der Waals surface area (Å²) in [6, 6.07) is 10.0. The number of hydrogen-bond donors (Lipinski definition) is 1. The highest BCUT2D eigenvalue weighted by Gasteiger charge is 2.19. The van der Waals surface area contributed by atoms with Gasteiger partial charge in [0, 0.05) is 65.6 Å². The van der Waals surface area contributed by atoms with Gasteiger partial charge < -0.3 is 24.4 Å². The van der Waals surface area contributed by atoms with Gasteiger partial charge in [-0.15, -0.1) is 0 Å². The van der Waals surface area contributed by atoms with E-state index < -0.39 is 0 Å². The molecule has 3 rings (SSSR count). The average Bonchev–Trinajstić information content (AvgIpc) is 2.80. The van der Waals surface area contributed by atoms with Crippen molar-refractivity contribution in [3.63, 3.8) is 0 Å². The molecule has 30 heavy (non-hydrogen) atoms. The Hall–Kier alpha value is -1.83. The lowest BCUT2D eigenvalue weighted by atomic mass is 10.1. The fraction of sp³-hybridized carbons (Fsp3) is 0.696. The molecule has 2 fully saturated rings. The van der Waals surface area contributed by atoms with Crippen LogP contribution in [0.4, 0.5) is 0 Å². The van der Waals surface area contributed by atoms with Crippen LogP contribution in [0.2, 0.25) is 0 Å². The summed E-state index contributed by atoms with van der Waals surface area (Å²) < 4.78 is 17.2. The molecule has 1 N–H and O–H groups in total. The predicted octanol–water partition coefficient (Wildman–Crippen LogP) is 2.23. The van der Waals surface area contributed by atoms with Crippen LogP contribution in [0.5, 0.6) is 5.75 Å². The third-order valence-electron chi connectivity index (χ3n) is 5.51. The van der Waals surface area contributed by atoms with Crippen molar-refractivity contribution in [2.45, 2.75) is 32.3 Å². The number of piperazine rings is 1. The van der Waals surface area contributed by atoms with Crippen LogP contribution in [-0.4, -0.2) is 94.1 Å². The summed E-state index contributed by atoms with van der Waals surface area (Å²) in [5.74, 6) is 1.97. The Kier molecular flexibility index (Phi) is 10.3. The van der Waals surface area contributed by atoms with Crippen LogP contribution in [0, 0.1) is 0 Å². The van der Waals surface area contributed by atoms with Crippen LogP contribution in [0.1, 0.15) is 26.2 Å². The van der Waals surface area contributed by atoms with Gasteiger partial charge in [0.1, 0.15) is 12.4 Å². The quantitative estimate of drug-likeness (QED) is 0.357. The zero-order valence-corrected chi connectivity index (χ0v) is 18.4. The monoisotopic (exact) mass is 418 g/mol. The third kappa shape index (κ3) is 8.13. The van der Waals surface area contributed by atoms with Gasteiger partial charge >= 0.3 is 0 Å². The minimum atomic E-state index is 0.370. The first-order chi connectivity index (χ1) is 14.8. The molecule has 0 radical (unpaired) electrons. The molecule has 0 aromatic heterocycles. The maximum absolute atomic E-state index is 5.95. The van der Waals surface area contributed by atoms with Crippen molar-refractivity contribution >= 4 is 5.96 Å². The van der Waals surface area contributed by atoms with E-state index in [0.29, 0.717) is 6.10 Å².